The molecule has 3 aromatic rings. The monoisotopic (exact) mass is 437 g/mol. The van der Waals surface area contributed by atoms with Crippen molar-refractivity contribution in [3.8, 4) is 17.3 Å². The molecule has 0 unspecified atom stereocenters. The van der Waals surface area contributed by atoms with Crippen LogP contribution in [0.4, 0.5) is 5.82 Å². The third-order valence-electron chi connectivity index (χ3n) is 5.17. The number of Topliss-reactive ketones (excluding diaryl/α,β-unsaturated/α-hetero) is 1. The fourth-order valence-corrected chi connectivity index (χ4v) is 3.38. The molecule has 32 heavy (non-hydrogen) atoms. The van der Waals surface area contributed by atoms with Crippen LogP contribution in [0.2, 0.25) is 0 Å². The van der Waals surface area contributed by atoms with Crippen molar-refractivity contribution in [2.45, 2.75) is 6.92 Å². The number of anilines is 1. The molecular formula is C21H23N7O4. The van der Waals surface area contributed by atoms with Crippen molar-refractivity contribution < 1.29 is 19.1 Å². The molecule has 0 saturated carbocycles. The van der Waals surface area contributed by atoms with E-state index in [9.17, 15) is 9.59 Å². The summed E-state index contributed by atoms with van der Waals surface area (Å²) in [4.78, 5) is 40.5. The maximum absolute atomic E-state index is 12.6. The van der Waals surface area contributed by atoms with Crippen molar-refractivity contribution in [1.82, 2.24) is 29.6 Å². The Morgan fingerprint density at radius 3 is 2.47 bits per heavy atom. The van der Waals surface area contributed by atoms with Gasteiger partial charge in [-0.25, -0.2) is 19.6 Å². The molecule has 1 saturated heterocycles. The van der Waals surface area contributed by atoms with Crippen LogP contribution in [0, 0.1) is 0 Å². The lowest BCUT2D eigenvalue weighted by Crippen LogP contribution is -2.50. The van der Waals surface area contributed by atoms with Crippen LogP contribution in [-0.4, -0.2) is 81.2 Å². The summed E-state index contributed by atoms with van der Waals surface area (Å²) in [5.41, 5.74) is 0.522. The Labute approximate surface area is 184 Å². The highest BCUT2D eigenvalue weighted by Gasteiger charge is 2.23. The second-order valence-corrected chi connectivity index (χ2v) is 7.15. The van der Waals surface area contributed by atoms with Crippen LogP contribution in [0.15, 0.2) is 43.2 Å². The molecule has 1 amide bonds. The van der Waals surface area contributed by atoms with Crippen LogP contribution in [0.5, 0.6) is 11.5 Å². The van der Waals surface area contributed by atoms with Gasteiger partial charge in [-0.2, -0.15) is 5.10 Å². The van der Waals surface area contributed by atoms with E-state index in [4.69, 9.17) is 9.47 Å². The summed E-state index contributed by atoms with van der Waals surface area (Å²) >= 11 is 0. The lowest BCUT2D eigenvalue weighted by Gasteiger charge is -2.35. The minimum Gasteiger partial charge on any atom is -0.493 e. The Morgan fingerprint density at radius 2 is 1.78 bits per heavy atom. The summed E-state index contributed by atoms with van der Waals surface area (Å²) in [6, 6.07) is 6.74. The van der Waals surface area contributed by atoms with E-state index in [0.717, 1.165) is 5.82 Å². The highest BCUT2D eigenvalue weighted by atomic mass is 16.5. The second-order valence-electron chi connectivity index (χ2n) is 7.15. The fraction of sp³-hybridized carbons (Fsp3) is 0.333. The molecule has 0 atom stereocenters. The Kier molecular flexibility index (Phi) is 6.24. The Balaban J connectivity index is 1.32. The average molecular weight is 437 g/mol. The third kappa shape index (κ3) is 4.66. The first-order chi connectivity index (χ1) is 15.5. The Morgan fingerprint density at radius 1 is 1.00 bits per heavy atom. The standard InChI is InChI=1S/C21H23N7O4/c1-15(29)16-3-4-17(18(9-16)31-2)32-11-21(30)27-7-5-26(6-8-27)19-10-20(24-13-23-19)28-14-22-12-25-28/h3-4,9-10,12-14H,5-8,11H2,1-2H3. The van der Waals surface area contributed by atoms with Crippen molar-refractivity contribution in [3.63, 3.8) is 0 Å². The SMILES string of the molecule is COc1cc(C(C)=O)ccc1OCC(=O)N1CCN(c2cc(-n3cncn3)ncn2)CC1. The van der Waals surface area contributed by atoms with Crippen LogP contribution in [0.25, 0.3) is 5.82 Å². The van der Waals surface area contributed by atoms with Gasteiger partial charge in [0.25, 0.3) is 5.91 Å². The number of piperazine rings is 1. The molecule has 0 N–H and O–H groups in total. The van der Waals surface area contributed by atoms with Crippen molar-refractivity contribution in [3.05, 3.63) is 48.8 Å². The fourth-order valence-electron chi connectivity index (χ4n) is 3.38. The summed E-state index contributed by atoms with van der Waals surface area (Å²) in [5.74, 6) is 2.05. The summed E-state index contributed by atoms with van der Waals surface area (Å²) in [6.45, 7) is 3.73. The van der Waals surface area contributed by atoms with E-state index in [2.05, 4.69) is 25.0 Å². The third-order valence-corrected chi connectivity index (χ3v) is 5.17. The van der Waals surface area contributed by atoms with Gasteiger partial charge in [-0.3, -0.25) is 9.59 Å². The van der Waals surface area contributed by atoms with Crippen LogP contribution in [0.1, 0.15) is 17.3 Å². The molecule has 11 heteroatoms. The van der Waals surface area contributed by atoms with Crippen molar-refractivity contribution in [2.75, 3.05) is 44.8 Å². The second kappa shape index (κ2) is 9.41. The Hall–Kier alpha value is -4.02. The summed E-state index contributed by atoms with van der Waals surface area (Å²) < 4.78 is 12.5. The molecule has 2 aromatic heterocycles. The number of aromatic nitrogens is 5. The molecule has 1 aliphatic rings. The molecule has 0 spiro atoms. The summed E-state index contributed by atoms with van der Waals surface area (Å²) in [7, 11) is 1.49. The van der Waals surface area contributed by atoms with E-state index in [1.165, 1.54) is 26.7 Å². The van der Waals surface area contributed by atoms with Crippen molar-refractivity contribution in [1.29, 1.82) is 0 Å². The number of amides is 1. The smallest absolute Gasteiger partial charge is 0.260 e. The largest absolute Gasteiger partial charge is 0.493 e. The topological polar surface area (TPSA) is 116 Å². The van der Waals surface area contributed by atoms with Gasteiger partial charge < -0.3 is 19.3 Å². The molecule has 166 valence electrons. The lowest BCUT2D eigenvalue weighted by molar-refractivity contribution is -0.133. The van der Waals surface area contributed by atoms with Gasteiger partial charge in [0, 0.05) is 37.8 Å². The van der Waals surface area contributed by atoms with Gasteiger partial charge in [0.1, 0.15) is 24.8 Å². The molecule has 3 heterocycles. The first kappa shape index (κ1) is 21.2. The molecule has 1 fully saturated rings. The molecule has 1 aromatic carbocycles. The number of nitrogens with zero attached hydrogens (tertiary/aromatic N) is 7. The number of rotatable bonds is 7. The van der Waals surface area contributed by atoms with Crippen LogP contribution in [-0.2, 0) is 4.79 Å². The maximum Gasteiger partial charge on any atom is 0.260 e. The zero-order valence-electron chi connectivity index (χ0n) is 17.8. The molecule has 11 nitrogen and oxygen atoms in total. The quantitative estimate of drug-likeness (QED) is 0.499. The van der Waals surface area contributed by atoms with E-state index in [1.54, 1.807) is 34.1 Å². The van der Waals surface area contributed by atoms with Crippen LogP contribution >= 0.6 is 0 Å². The van der Waals surface area contributed by atoms with E-state index in [0.29, 0.717) is 49.1 Å². The van der Waals surface area contributed by atoms with E-state index >= 15 is 0 Å². The predicted molar refractivity (Wildman–Crippen MR) is 114 cm³/mol. The number of hydrogen-bond donors (Lipinski definition) is 0. The number of methoxy groups -OCH3 is 1. The highest BCUT2D eigenvalue weighted by Crippen LogP contribution is 2.28. The molecule has 4 rings (SSSR count). The van der Waals surface area contributed by atoms with Gasteiger partial charge in [0.15, 0.2) is 29.7 Å². The minimum absolute atomic E-state index is 0.0686. The van der Waals surface area contributed by atoms with E-state index in [-0.39, 0.29) is 18.3 Å². The number of carbonyl (C=O) groups is 2. The number of hydrogen-bond acceptors (Lipinski definition) is 9. The van der Waals surface area contributed by atoms with E-state index in [1.807, 2.05) is 6.07 Å². The average Bonchev–Trinajstić information content (AvgIpc) is 3.37. The molecule has 0 bridgehead atoms. The number of benzene rings is 1. The molecule has 1 aliphatic heterocycles. The van der Waals surface area contributed by atoms with Gasteiger partial charge in [-0.1, -0.05) is 0 Å². The van der Waals surface area contributed by atoms with Gasteiger partial charge in [0.05, 0.1) is 7.11 Å². The Bertz CT molecular complexity index is 1100. The zero-order chi connectivity index (χ0) is 22.5. The van der Waals surface area contributed by atoms with Crippen LogP contribution < -0.4 is 14.4 Å². The van der Waals surface area contributed by atoms with Gasteiger partial charge >= 0.3 is 0 Å². The summed E-state index contributed by atoms with van der Waals surface area (Å²) in [5, 5.41) is 4.08. The van der Waals surface area contributed by atoms with Gasteiger partial charge in [-0.05, 0) is 25.1 Å². The number of carbonyl (C=O) groups excluding carboxylic acids is 2. The van der Waals surface area contributed by atoms with Gasteiger partial charge in [0.2, 0.25) is 0 Å². The summed E-state index contributed by atoms with van der Waals surface area (Å²) in [6.07, 6.45) is 4.51. The predicted octanol–water partition coefficient (Wildman–Crippen LogP) is 0.996. The molecular weight excluding hydrogens is 414 g/mol. The zero-order valence-corrected chi connectivity index (χ0v) is 17.8. The highest BCUT2D eigenvalue weighted by molar-refractivity contribution is 5.94. The minimum atomic E-state index is -0.117. The molecule has 0 aliphatic carbocycles. The first-order valence-corrected chi connectivity index (χ1v) is 10.1. The number of ketones is 1. The van der Waals surface area contributed by atoms with E-state index < -0.39 is 0 Å². The van der Waals surface area contributed by atoms with Crippen molar-refractivity contribution >= 4 is 17.5 Å². The first-order valence-electron chi connectivity index (χ1n) is 10.1. The lowest BCUT2D eigenvalue weighted by atomic mass is 10.1. The van der Waals surface area contributed by atoms with Crippen molar-refractivity contribution in [2.24, 2.45) is 0 Å². The van der Waals surface area contributed by atoms with Crippen LogP contribution in [0.3, 0.4) is 0 Å². The van der Waals surface area contributed by atoms with Gasteiger partial charge in [-0.15, -0.1) is 0 Å². The molecule has 0 radical (unpaired) electrons. The number of ether oxygens (including phenoxy) is 2. The normalized spacial score (nSPS) is 13.7. The maximum atomic E-state index is 12.6.